The van der Waals surface area contributed by atoms with Gasteiger partial charge in [-0.1, -0.05) is 12.1 Å². The molecule has 0 radical (unpaired) electrons. The van der Waals surface area contributed by atoms with E-state index in [1.807, 2.05) is 35.0 Å². The summed E-state index contributed by atoms with van der Waals surface area (Å²) in [5.41, 5.74) is 1.02. The highest BCUT2D eigenvalue weighted by Gasteiger charge is 2.36. The first kappa shape index (κ1) is 15.9. The van der Waals surface area contributed by atoms with Crippen LogP contribution in [0.2, 0.25) is 0 Å². The van der Waals surface area contributed by atoms with Crippen molar-refractivity contribution in [2.75, 3.05) is 0 Å². The summed E-state index contributed by atoms with van der Waals surface area (Å²) < 4.78 is 1.58. The molecule has 0 spiro atoms. The standard InChI is InChI=1S/C17H13N3O3S2/c21-13-8-11(14-3-1-5-24-14)7-12(15-4-2-6-25-15)17(13)19-9-16(18-10-19)20(22)23/h1-6,8-10,12,17H,7H2/t12-,17+/m1/s1. The first-order valence-corrected chi connectivity index (χ1v) is 9.39. The van der Waals surface area contributed by atoms with E-state index >= 15 is 0 Å². The smallest absolute Gasteiger partial charge is 0.358 e. The predicted molar refractivity (Wildman–Crippen MR) is 96.9 cm³/mol. The van der Waals surface area contributed by atoms with Gasteiger partial charge in [0, 0.05) is 15.7 Å². The monoisotopic (exact) mass is 371 g/mol. The Bertz CT molecular complexity index is 942. The van der Waals surface area contributed by atoms with E-state index in [-0.39, 0.29) is 17.5 Å². The van der Waals surface area contributed by atoms with Crippen molar-refractivity contribution in [3.05, 3.63) is 73.5 Å². The summed E-state index contributed by atoms with van der Waals surface area (Å²) in [5, 5.41) is 14.9. The van der Waals surface area contributed by atoms with Gasteiger partial charge in [0.05, 0.1) is 0 Å². The van der Waals surface area contributed by atoms with Gasteiger partial charge in [-0.3, -0.25) is 9.36 Å². The molecule has 0 N–H and O–H groups in total. The van der Waals surface area contributed by atoms with Crippen molar-refractivity contribution < 1.29 is 9.72 Å². The molecule has 0 aliphatic heterocycles. The van der Waals surface area contributed by atoms with Gasteiger partial charge in [-0.05, 0) is 50.9 Å². The van der Waals surface area contributed by atoms with E-state index in [0.29, 0.717) is 6.42 Å². The first-order valence-electron chi connectivity index (χ1n) is 7.63. The van der Waals surface area contributed by atoms with Crippen LogP contribution in [0.1, 0.15) is 28.1 Å². The molecule has 1 aliphatic rings. The molecule has 4 rings (SSSR count). The fraction of sp³-hybridized carbons (Fsp3) is 0.176. The number of hydrogen-bond acceptors (Lipinski definition) is 6. The summed E-state index contributed by atoms with van der Waals surface area (Å²) in [7, 11) is 0. The highest BCUT2D eigenvalue weighted by atomic mass is 32.1. The van der Waals surface area contributed by atoms with Crippen LogP contribution >= 0.6 is 22.7 Å². The van der Waals surface area contributed by atoms with Gasteiger partial charge in [0.2, 0.25) is 6.33 Å². The average molecular weight is 371 g/mol. The van der Waals surface area contributed by atoms with Crippen LogP contribution in [-0.4, -0.2) is 20.3 Å². The maximum absolute atomic E-state index is 12.9. The first-order chi connectivity index (χ1) is 12.1. The van der Waals surface area contributed by atoms with E-state index in [1.54, 1.807) is 33.3 Å². The molecule has 0 fully saturated rings. The van der Waals surface area contributed by atoms with Crippen molar-refractivity contribution in [1.82, 2.24) is 9.55 Å². The second-order valence-electron chi connectivity index (χ2n) is 5.76. The van der Waals surface area contributed by atoms with Crippen molar-refractivity contribution in [3.8, 4) is 0 Å². The van der Waals surface area contributed by atoms with E-state index in [4.69, 9.17) is 0 Å². The zero-order chi connectivity index (χ0) is 17.4. The maximum Gasteiger partial charge on any atom is 0.381 e. The molecule has 1 aliphatic carbocycles. The summed E-state index contributed by atoms with van der Waals surface area (Å²) in [6.45, 7) is 0. The number of carbonyl (C=O) groups excluding carboxylic acids is 1. The summed E-state index contributed by atoms with van der Waals surface area (Å²) in [4.78, 5) is 29.3. The number of carbonyl (C=O) groups is 1. The molecule has 2 atom stereocenters. The quantitative estimate of drug-likeness (QED) is 0.506. The lowest BCUT2D eigenvalue weighted by Gasteiger charge is -2.29. The van der Waals surface area contributed by atoms with E-state index in [9.17, 15) is 14.9 Å². The third kappa shape index (κ3) is 2.94. The Labute approximate surface area is 151 Å². The lowest BCUT2D eigenvalue weighted by Crippen LogP contribution is -2.27. The zero-order valence-electron chi connectivity index (χ0n) is 12.9. The minimum absolute atomic E-state index is 0.0552. The highest BCUT2D eigenvalue weighted by Crippen LogP contribution is 2.44. The van der Waals surface area contributed by atoms with Crippen LogP contribution in [0.25, 0.3) is 5.57 Å². The van der Waals surface area contributed by atoms with Crippen LogP contribution in [0.3, 0.4) is 0 Å². The molecule has 8 heteroatoms. The molecular weight excluding hydrogens is 358 g/mol. The molecule has 0 saturated heterocycles. The molecule has 6 nitrogen and oxygen atoms in total. The molecule has 0 amide bonds. The van der Waals surface area contributed by atoms with Crippen LogP contribution in [0.15, 0.2) is 53.6 Å². The molecule has 3 heterocycles. The Kier molecular flexibility index (Phi) is 4.06. The number of thiophene rings is 2. The second kappa shape index (κ2) is 6.38. The molecular formula is C17H13N3O3S2. The van der Waals surface area contributed by atoms with Crippen LogP contribution in [0.5, 0.6) is 0 Å². The molecule has 3 aromatic heterocycles. The van der Waals surface area contributed by atoms with Gasteiger partial charge in [0.1, 0.15) is 12.2 Å². The molecule has 0 aromatic carbocycles. The summed E-state index contributed by atoms with van der Waals surface area (Å²) in [6.07, 6.45) is 5.11. The second-order valence-corrected chi connectivity index (χ2v) is 7.68. The van der Waals surface area contributed by atoms with Crippen LogP contribution in [0.4, 0.5) is 5.82 Å². The van der Waals surface area contributed by atoms with Crippen LogP contribution < -0.4 is 0 Å². The Morgan fingerprint density at radius 1 is 1.24 bits per heavy atom. The van der Waals surface area contributed by atoms with Crippen molar-refractivity contribution >= 4 is 39.8 Å². The molecule has 0 saturated carbocycles. The number of hydrogen-bond donors (Lipinski definition) is 0. The molecule has 0 bridgehead atoms. The van der Waals surface area contributed by atoms with Gasteiger partial charge in [-0.25, -0.2) is 0 Å². The number of rotatable bonds is 4. The van der Waals surface area contributed by atoms with E-state index in [0.717, 1.165) is 15.3 Å². The number of nitro groups is 1. The third-order valence-electron chi connectivity index (χ3n) is 4.27. The van der Waals surface area contributed by atoms with Crippen LogP contribution in [0, 0.1) is 10.1 Å². The minimum atomic E-state index is -0.545. The Morgan fingerprint density at radius 3 is 2.68 bits per heavy atom. The van der Waals surface area contributed by atoms with Gasteiger partial charge < -0.3 is 10.1 Å². The Balaban J connectivity index is 1.77. The lowest BCUT2D eigenvalue weighted by atomic mass is 9.82. The van der Waals surface area contributed by atoms with Gasteiger partial charge in [-0.15, -0.1) is 22.7 Å². The molecule has 0 unspecified atom stereocenters. The predicted octanol–water partition coefficient (Wildman–Crippen LogP) is 4.30. The van der Waals surface area contributed by atoms with Crippen molar-refractivity contribution in [2.24, 2.45) is 0 Å². The van der Waals surface area contributed by atoms with E-state index < -0.39 is 11.0 Å². The van der Waals surface area contributed by atoms with Gasteiger partial charge in [0.25, 0.3) is 0 Å². The Hall–Kier alpha value is -2.58. The zero-order valence-corrected chi connectivity index (χ0v) is 14.6. The van der Waals surface area contributed by atoms with E-state index in [2.05, 4.69) is 4.98 Å². The fourth-order valence-electron chi connectivity index (χ4n) is 3.18. The van der Waals surface area contributed by atoms with Gasteiger partial charge in [0.15, 0.2) is 5.78 Å². The number of nitrogens with zero attached hydrogens (tertiary/aromatic N) is 3. The average Bonchev–Trinajstić information content (AvgIpc) is 3.34. The summed E-state index contributed by atoms with van der Waals surface area (Å²) in [5.74, 6) is -0.366. The van der Waals surface area contributed by atoms with Crippen molar-refractivity contribution in [2.45, 2.75) is 18.4 Å². The minimum Gasteiger partial charge on any atom is -0.358 e. The van der Waals surface area contributed by atoms with Crippen LogP contribution in [-0.2, 0) is 4.79 Å². The normalized spacial score (nSPS) is 20.5. The molecule has 126 valence electrons. The van der Waals surface area contributed by atoms with Gasteiger partial charge in [-0.2, -0.15) is 0 Å². The SMILES string of the molecule is O=C1C=C(c2cccs2)C[C@H](c2cccs2)[C@@H]1n1cnc([N+](=O)[O-])c1. The molecule has 3 aromatic rings. The Morgan fingerprint density at radius 2 is 2.04 bits per heavy atom. The summed E-state index contributed by atoms with van der Waals surface area (Å²) in [6, 6.07) is 7.44. The number of aromatic nitrogens is 2. The fourth-order valence-corrected chi connectivity index (χ4v) is 4.79. The number of allylic oxidation sites excluding steroid dienone is 2. The third-order valence-corrected chi connectivity index (χ3v) is 6.22. The molecule has 25 heavy (non-hydrogen) atoms. The number of ketones is 1. The van der Waals surface area contributed by atoms with Crippen molar-refractivity contribution in [3.63, 3.8) is 0 Å². The number of imidazole rings is 1. The van der Waals surface area contributed by atoms with E-state index in [1.165, 1.54) is 12.5 Å². The topological polar surface area (TPSA) is 78.0 Å². The largest absolute Gasteiger partial charge is 0.381 e. The highest BCUT2D eigenvalue weighted by molar-refractivity contribution is 7.11. The van der Waals surface area contributed by atoms with Gasteiger partial charge >= 0.3 is 5.82 Å². The van der Waals surface area contributed by atoms with Crippen molar-refractivity contribution in [1.29, 1.82) is 0 Å². The lowest BCUT2D eigenvalue weighted by molar-refractivity contribution is -0.389. The maximum atomic E-state index is 12.9. The summed E-state index contributed by atoms with van der Waals surface area (Å²) >= 11 is 3.21.